The van der Waals surface area contributed by atoms with Crippen molar-refractivity contribution in [3.8, 4) is 0 Å². The van der Waals surface area contributed by atoms with Crippen molar-refractivity contribution < 1.29 is 0 Å². The lowest BCUT2D eigenvalue weighted by atomic mass is 9.77. The third-order valence-corrected chi connectivity index (χ3v) is 3.20. The lowest BCUT2D eigenvalue weighted by molar-refractivity contribution is 0.233. The maximum Gasteiger partial charge on any atom is -0.0352 e. The van der Waals surface area contributed by atoms with Crippen LogP contribution >= 0.6 is 0 Å². The Labute approximate surface area is 85.1 Å². The lowest BCUT2D eigenvalue weighted by Crippen LogP contribution is -2.16. The van der Waals surface area contributed by atoms with Gasteiger partial charge >= 0.3 is 0 Å². The zero-order chi connectivity index (χ0) is 10.3. The fraction of sp³-hybridized carbons (Fsp3) is 1.00. The average molecular weight is 184 g/mol. The summed E-state index contributed by atoms with van der Waals surface area (Å²) in [5.41, 5.74) is 0.576. The molecule has 0 spiro atoms. The van der Waals surface area contributed by atoms with Crippen molar-refractivity contribution in [3.05, 3.63) is 0 Å². The Morgan fingerprint density at radius 2 is 1.54 bits per heavy atom. The van der Waals surface area contributed by atoms with E-state index < -0.39 is 0 Å². The quantitative estimate of drug-likeness (QED) is 0.520. The van der Waals surface area contributed by atoms with Gasteiger partial charge in [-0.1, -0.05) is 60.3 Å². The maximum atomic E-state index is 2.43. The Kier molecular flexibility index (Phi) is 6.45. The highest BCUT2D eigenvalue weighted by molar-refractivity contribution is 4.72. The van der Waals surface area contributed by atoms with Crippen LogP contribution in [0.15, 0.2) is 0 Å². The summed E-state index contributed by atoms with van der Waals surface area (Å²) < 4.78 is 0. The van der Waals surface area contributed by atoms with E-state index >= 15 is 0 Å². The van der Waals surface area contributed by atoms with E-state index in [0.29, 0.717) is 5.41 Å². The smallest absolute Gasteiger partial charge is 0.0352 e. The van der Waals surface area contributed by atoms with Crippen LogP contribution in [-0.4, -0.2) is 0 Å². The zero-order valence-corrected chi connectivity index (χ0v) is 10.3. The van der Waals surface area contributed by atoms with E-state index in [4.69, 9.17) is 0 Å². The van der Waals surface area contributed by atoms with Gasteiger partial charge in [0, 0.05) is 0 Å². The number of hydrogen-bond donors (Lipinski definition) is 0. The molecule has 0 aliphatic rings. The van der Waals surface area contributed by atoms with Crippen LogP contribution < -0.4 is 0 Å². The second-order valence-corrected chi connectivity index (χ2v) is 5.15. The molecule has 0 aliphatic heterocycles. The van der Waals surface area contributed by atoms with Crippen molar-refractivity contribution in [2.24, 2.45) is 11.3 Å². The van der Waals surface area contributed by atoms with Crippen molar-refractivity contribution >= 4 is 0 Å². The molecule has 0 radical (unpaired) electrons. The molecule has 0 aliphatic carbocycles. The van der Waals surface area contributed by atoms with Gasteiger partial charge in [-0.25, -0.2) is 0 Å². The Balaban J connectivity index is 3.83. The second kappa shape index (κ2) is 6.45. The van der Waals surface area contributed by atoms with Crippen LogP contribution in [0.2, 0.25) is 0 Å². The Morgan fingerprint density at radius 3 is 1.92 bits per heavy atom. The second-order valence-electron chi connectivity index (χ2n) is 5.15. The molecule has 80 valence electrons. The third-order valence-electron chi connectivity index (χ3n) is 3.20. The van der Waals surface area contributed by atoms with E-state index in [1.165, 1.54) is 38.5 Å². The zero-order valence-electron chi connectivity index (χ0n) is 10.3. The van der Waals surface area contributed by atoms with Crippen molar-refractivity contribution in [1.82, 2.24) is 0 Å². The van der Waals surface area contributed by atoms with Crippen LogP contribution in [0.5, 0.6) is 0 Å². The molecule has 0 amide bonds. The van der Waals surface area contributed by atoms with Gasteiger partial charge < -0.3 is 0 Å². The van der Waals surface area contributed by atoms with Gasteiger partial charge in [0.25, 0.3) is 0 Å². The van der Waals surface area contributed by atoms with Crippen LogP contribution in [0.1, 0.15) is 73.1 Å². The van der Waals surface area contributed by atoms with E-state index in [9.17, 15) is 0 Å². The summed E-state index contributed by atoms with van der Waals surface area (Å²) in [4.78, 5) is 0. The van der Waals surface area contributed by atoms with Gasteiger partial charge in [0.05, 0.1) is 0 Å². The average Bonchev–Trinajstić information content (AvgIpc) is 2.11. The predicted molar refractivity (Wildman–Crippen MR) is 62.0 cm³/mol. The molecule has 0 atom stereocenters. The van der Waals surface area contributed by atoms with Crippen LogP contribution in [0.3, 0.4) is 0 Å². The molecule has 0 nitrogen and oxygen atoms in total. The summed E-state index contributed by atoms with van der Waals surface area (Å²) >= 11 is 0. The molecule has 0 bridgehead atoms. The van der Waals surface area contributed by atoms with Crippen LogP contribution in [0, 0.1) is 11.3 Å². The maximum absolute atomic E-state index is 2.43. The first-order chi connectivity index (χ1) is 6.05. The van der Waals surface area contributed by atoms with Gasteiger partial charge in [0.2, 0.25) is 0 Å². The largest absolute Gasteiger partial charge is 0.0654 e. The fourth-order valence-corrected chi connectivity index (χ4v) is 2.12. The van der Waals surface area contributed by atoms with Crippen LogP contribution in [-0.2, 0) is 0 Å². The summed E-state index contributed by atoms with van der Waals surface area (Å²) in [7, 11) is 0. The Bertz CT molecular complexity index is 109. The van der Waals surface area contributed by atoms with Crippen molar-refractivity contribution in [2.45, 2.75) is 73.1 Å². The standard InChI is InChI=1S/C13H28/c1-6-9-10-13(4,5)11-12(7-2)8-3/h12H,6-11H2,1-5H3. The first-order valence-corrected chi connectivity index (χ1v) is 6.05. The van der Waals surface area contributed by atoms with Gasteiger partial charge in [-0.15, -0.1) is 0 Å². The van der Waals surface area contributed by atoms with Crippen molar-refractivity contribution in [2.75, 3.05) is 0 Å². The molecular formula is C13H28. The highest BCUT2D eigenvalue weighted by Crippen LogP contribution is 2.33. The third kappa shape index (κ3) is 6.12. The van der Waals surface area contributed by atoms with Crippen molar-refractivity contribution in [3.63, 3.8) is 0 Å². The van der Waals surface area contributed by atoms with Gasteiger partial charge in [-0.3, -0.25) is 0 Å². The number of rotatable bonds is 7. The van der Waals surface area contributed by atoms with Crippen molar-refractivity contribution in [1.29, 1.82) is 0 Å². The Hall–Kier alpha value is 0. The van der Waals surface area contributed by atoms with Crippen LogP contribution in [0.25, 0.3) is 0 Å². The summed E-state index contributed by atoms with van der Waals surface area (Å²) in [5.74, 6) is 0.951. The molecule has 0 unspecified atom stereocenters. The van der Waals surface area contributed by atoms with E-state index in [1.807, 2.05) is 0 Å². The minimum Gasteiger partial charge on any atom is -0.0654 e. The highest BCUT2D eigenvalue weighted by Gasteiger charge is 2.20. The molecule has 13 heavy (non-hydrogen) atoms. The van der Waals surface area contributed by atoms with Gasteiger partial charge in [-0.05, 0) is 24.2 Å². The summed E-state index contributed by atoms with van der Waals surface area (Å²) in [5, 5.41) is 0. The molecule has 0 aromatic heterocycles. The van der Waals surface area contributed by atoms with Gasteiger partial charge in [0.1, 0.15) is 0 Å². The van der Waals surface area contributed by atoms with Crippen LogP contribution in [0.4, 0.5) is 0 Å². The van der Waals surface area contributed by atoms with E-state index in [-0.39, 0.29) is 0 Å². The molecule has 0 saturated heterocycles. The molecule has 0 N–H and O–H groups in total. The first-order valence-electron chi connectivity index (χ1n) is 6.05. The van der Waals surface area contributed by atoms with Gasteiger partial charge in [-0.2, -0.15) is 0 Å². The highest BCUT2D eigenvalue weighted by atomic mass is 14.3. The minimum absolute atomic E-state index is 0.576. The fourth-order valence-electron chi connectivity index (χ4n) is 2.12. The Morgan fingerprint density at radius 1 is 1.00 bits per heavy atom. The first kappa shape index (κ1) is 13.0. The number of hydrogen-bond acceptors (Lipinski definition) is 0. The summed E-state index contributed by atoms with van der Waals surface area (Å²) in [6, 6.07) is 0. The SMILES string of the molecule is CCCCC(C)(C)CC(CC)CC. The molecule has 0 fully saturated rings. The van der Waals surface area contributed by atoms with E-state index in [0.717, 1.165) is 5.92 Å². The monoisotopic (exact) mass is 184 g/mol. The molecule has 0 aromatic carbocycles. The molecule has 0 heteroatoms. The molecule has 0 heterocycles. The van der Waals surface area contributed by atoms with Gasteiger partial charge in [0.15, 0.2) is 0 Å². The van der Waals surface area contributed by atoms with E-state index in [1.54, 1.807) is 0 Å². The summed E-state index contributed by atoms with van der Waals surface area (Å²) in [6.07, 6.45) is 8.26. The molecular weight excluding hydrogens is 156 g/mol. The molecule has 0 saturated carbocycles. The molecule has 0 aromatic rings. The summed E-state index contributed by atoms with van der Waals surface area (Å²) in [6.45, 7) is 11.8. The molecule has 0 rings (SSSR count). The number of unbranched alkanes of at least 4 members (excludes halogenated alkanes) is 1. The topological polar surface area (TPSA) is 0 Å². The lowest BCUT2D eigenvalue weighted by Gasteiger charge is -2.28. The minimum atomic E-state index is 0.576. The predicted octanol–water partition coefficient (Wildman–Crippen LogP) is 5.03. The normalized spacial score (nSPS) is 12.5. The van der Waals surface area contributed by atoms with E-state index in [2.05, 4.69) is 34.6 Å².